The van der Waals surface area contributed by atoms with Gasteiger partial charge in [-0.15, -0.1) is 0 Å². The molecule has 1 aromatic heterocycles. The Morgan fingerprint density at radius 2 is 0.839 bits per heavy atom. The zero-order chi connectivity index (χ0) is 40.7. The Kier molecular flexibility index (Phi) is 7.77. The van der Waals surface area contributed by atoms with E-state index in [0.29, 0.717) is 0 Å². The second kappa shape index (κ2) is 13.8. The first-order valence-electron chi connectivity index (χ1n) is 21.7. The lowest BCUT2D eigenvalue weighted by Gasteiger charge is -2.40. The first-order valence-corrected chi connectivity index (χ1v) is 21.7. The van der Waals surface area contributed by atoms with E-state index in [4.69, 9.17) is 0 Å². The molecule has 0 N–H and O–H groups in total. The van der Waals surface area contributed by atoms with Gasteiger partial charge in [-0.1, -0.05) is 170 Å². The van der Waals surface area contributed by atoms with Crippen LogP contribution in [0.1, 0.15) is 17.0 Å². The quantitative estimate of drug-likeness (QED) is 0.163. The Morgan fingerprint density at radius 3 is 1.42 bits per heavy atom. The fourth-order valence-electron chi connectivity index (χ4n) is 10.8. The van der Waals surface area contributed by atoms with Crippen molar-refractivity contribution in [3.05, 3.63) is 242 Å². The van der Waals surface area contributed by atoms with Gasteiger partial charge in [0.15, 0.2) is 0 Å². The molecule has 0 fully saturated rings. The third-order valence-corrected chi connectivity index (χ3v) is 13.4. The third kappa shape index (κ3) is 5.30. The molecule has 2 aliphatic heterocycles. The van der Waals surface area contributed by atoms with Crippen LogP contribution in [0.15, 0.2) is 231 Å². The van der Waals surface area contributed by atoms with Crippen LogP contribution < -0.4 is 4.90 Å². The Balaban J connectivity index is 1.06. The van der Waals surface area contributed by atoms with Crippen molar-refractivity contribution < 1.29 is 0 Å². The maximum Gasteiger partial charge on any atom is 0.0857 e. The number of rotatable bonds is 6. The normalized spacial score (nSPS) is 15.9. The van der Waals surface area contributed by atoms with E-state index in [1.54, 1.807) is 0 Å². The molecule has 3 heterocycles. The smallest absolute Gasteiger partial charge is 0.0857 e. The number of fused-ring (bicyclic) bond motifs is 8. The van der Waals surface area contributed by atoms with Crippen LogP contribution >= 0.6 is 0 Å². The number of hydrogen-bond donors (Lipinski definition) is 0. The molecule has 62 heavy (non-hydrogen) atoms. The molecule has 0 saturated heterocycles. The molecule has 2 unspecified atom stereocenters. The highest BCUT2D eigenvalue weighted by Gasteiger charge is 2.49. The summed E-state index contributed by atoms with van der Waals surface area (Å²) >= 11 is 0. The van der Waals surface area contributed by atoms with E-state index in [1.165, 1.54) is 111 Å². The van der Waals surface area contributed by atoms with Crippen molar-refractivity contribution in [3.8, 4) is 55.6 Å². The average molecular weight is 789 g/mol. The van der Waals surface area contributed by atoms with Crippen LogP contribution in [0.25, 0.3) is 88.7 Å². The van der Waals surface area contributed by atoms with Gasteiger partial charge in [-0.05, 0) is 133 Å². The van der Waals surface area contributed by atoms with Crippen LogP contribution in [0.4, 0.5) is 11.4 Å². The van der Waals surface area contributed by atoms with E-state index in [-0.39, 0.29) is 12.0 Å². The molecule has 2 heteroatoms. The van der Waals surface area contributed by atoms with Crippen molar-refractivity contribution in [1.82, 2.24) is 4.57 Å². The maximum absolute atomic E-state index is 2.67. The van der Waals surface area contributed by atoms with E-state index < -0.39 is 0 Å². The molecule has 0 spiro atoms. The zero-order valence-corrected chi connectivity index (χ0v) is 34.0. The standard InChI is InChI=1S/C60H40N2/c1-5-17-39(18-6-1)43-33-44(40-19-7-2-8-20-40)36-47(35-43)49-29-31-55-59-57(49)51-25-13-15-27-53(51)61(59)56-32-30-50(58-52-26-14-16-28-54(52)62(55)60(56)58)48-37-45(41-21-9-3-10-22-41)34-46(38-48)42-23-11-4-12-24-42/h1-38,57,59H. The Labute approximate surface area is 361 Å². The molecule has 0 radical (unpaired) electrons. The lowest BCUT2D eigenvalue weighted by Crippen LogP contribution is -2.38. The monoisotopic (exact) mass is 788 g/mol. The van der Waals surface area contributed by atoms with Gasteiger partial charge in [-0.2, -0.15) is 0 Å². The maximum atomic E-state index is 2.67. The summed E-state index contributed by atoms with van der Waals surface area (Å²) in [5.74, 6) is 0.126. The summed E-state index contributed by atoms with van der Waals surface area (Å²) in [6, 6.07) is 80.6. The van der Waals surface area contributed by atoms with Gasteiger partial charge >= 0.3 is 0 Å². The molecule has 2 atom stereocenters. The van der Waals surface area contributed by atoms with Crippen LogP contribution in [0.3, 0.4) is 0 Å². The first-order chi connectivity index (χ1) is 30.8. The largest absolute Gasteiger partial charge is 0.329 e. The minimum atomic E-state index is 0.0800. The molecule has 3 aliphatic rings. The first kappa shape index (κ1) is 34.9. The van der Waals surface area contributed by atoms with Gasteiger partial charge in [0.25, 0.3) is 0 Å². The third-order valence-electron chi connectivity index (χ3n) is 13.4. The van der Waals surface area contributed by atoms with E-state index in [1.807, 2.05) is 0 Å². The Bertz CT molecular complexity index is 3330. The van der Waals surface area contributed by atoms with Gasteiger partial charge in [-0.3, -0.25) is 0 Å². The van der Waals surface area contributed by atoms with E-state index in [0.717, 1.165) is 0 Å². The van der Waals surface area contributed by atoms with Gasteiger partial charge in [0, 0.05) is 28.1 Å². The van der Waals surface area contributed by atoms with Crippen molar-refractivity contribution in [2.24, 2.45) is 0 Å². The van der Waals surface area contributed by atoms with Gasteiger partial charge < -0.3 is 9.47 Å². The van der Waals surface area contributed by atoms with Crippen molar-refractivity contribution in [2.45, 2.75) is 12.0 Å². The minimum absolute atomic E-state index is 0.0800. The fraction of sp³-hybridized carbons (Fsp3) is 0.0333. The zero-order valence-electron chi connectivity index (χ0n) is 34.0. The molecule has 10 aromatic rings. The number of para-hydroxylation sites is 2. The number of hydrogen-bond acceptors (Lipinski definition) is 1. The van der Waals surface area contributed by atoms with Crippen molar-refractivity contribution in [3.63, 3.8) is 0 Å². The second-order valence-electron chi connectivity index (χ2n) is 16.8. The number of allylic oxidation sites excluding steroid dienone is 2. The molecule has 290 valence electrons. The van der Waals surface area contributed by atoms with Gasteiger partial charge in [0.2, 0.25) is 0 Å². The second-order valence-corrected chi connectivity index (χ2v) is 16.8. The predicted molar refractivity (Wildman–Crippen MR) is 260 cm³/mol. The summed E-state index contributed by atoms with van der Waals surface area (Å²) in [5, 5.41) is 2.57. The molecule has 0 amide bonds. The molecule has 2 nitrogen and oxygen atoms in total. The molecule has 9 aromatic carbocycles. The van der Waals surface area contributed by atoms with Crippen molar-refractivity contribution in [2.75, 3.05) is 4.90 Å². The summed E-state index contributed by atoms with van der Waals surface area (Å²) in [6.07, 6.45) is 4.86. The predicted octanol–water partition coefficient (Wildman–Crippen LogP) is 15.7. The van der Waals surface area contributed by atoms with Crippen molar-refractivity contribution >= 4 is 44.5 Å². The summed E-state index contributed by atoms with van der Waals surface area (Å²) in [4.78, 5) is 2.67. The molecule has 1 aliphatic carbocycles. The molecular formula is C60H40N2. The molecular weight excluding hydrogens is 749 g/mol. The van der Waals surface area contributed by atoms with E-state index in [2.05, 4.69) is 240 Å². The Morgan fingerprint density at radius 1 is 0.355 bits per heavy atom. The van der Waals surface area contributed by atoms with Crippen LogP contribution in [0.5, 0.6) is 0 Å². The van der Waals surface area contributed by atoms with Crippen LogP contribution in [0.2, 0.25) is 0 Å². The highest BCUT2D eigenvalue weighted by Crippen LogP contribution is 2.60. The summed E-state index contributed by atoms with van der Waals surface area (Å²) in [5.41, 5.74) is 22.6. The fourth-order valence-corrected chi connectivity index (χ4v) is 10.8. The lowest BCUT2D eigenvalue weighted by molar-refractivity contribution is 0.737. The highest BCUT2D eigenvalue weighted by atomic mass is 15.3. The van der Waals surface area contributed by atoms with Gasteiger partial charge in [0.05, 0.1) is 22.8 Å². The van der Waals surface area contributed by atoms with Gasteiger partial charge in [0.1, 0.15) is 0 Å². The topological polar surface area (TPSA) is 8.17 Å². The minimum Gasteiger partial charge on any atom is -0.329 e. The SMILES string of the molecule is C1=C(c2cc(-c3ccccc3)cc(-c3ccccc3)c2)C2c3ccccc3N3c4ccc(-c5cc(-c6ccccc6)cc(-c6ccccc6)c5)c5c6ccccc6n(c45)C(=C1)C23. The summed E-state index contributed by atoms with van der Waals surface area (Å²) < 4.78 is 2.60. The van der Waals surface area contributed by atoms with Gasteiger partial charge in [-0.25, -0.2) is 0 Å². The molecule has 0 bridgehead atoms. The number of anilines is 2. The lowest BCUT2D eigenvalue weighted by atomic mass is 9.77. The number of aromatic nitrogens is 1. The van der Waals surface area contributed by atoms with E-state index >= 15 is 0 Å². The number of benzene rings is 9. The van der Waals surface area contributed by atoms with Crippen LogP contribution in [-0.4, -0.2) is 10.6 Å². The number of nitrogens with zero attached hydrogens (tertiary/aromatic N) is 2. The highest BCUT2D eigenvalue weighted by molar-refractivity contribution is 6.22. The molecule has 13 rings (SSSR count). The Hall–Kier alpha value is -7.94. The average Bonchev–Trinajstić information content (AvgIpc) is 3.89. The molecule has 0 saturated carbocycles. The summed E-state index contributed by atoms with van der Waals surface area (Å²) in [7, 11) is 0. The van der Waals surface area contributed by atoms with Crippen molar-refractivity contribution in [1.29, 1.82) is 0 Å². The van der Waals surface area contributed by atoms with Crippen LogP contribution in [-0.2, 0) is 0 Å². The van der Waals surface area contributed by atoms with Crippen LogP contribution in [0, 0.1) is 0 Å². The summed E-state index contributed by atoms with van der Waals surface area (Å²) in [6.45, 7) is 0. The van der Waals surface area contributed by atoms with E-state index in [9.17, 15) is 0 Å².